The number of carbonyl (C=O) groups is 1. The van der Waals surface area contributed by atoms with Crippen molar-refractivity contribution in [2.24, 2.45) is 0 Å². The zero-order valence-corrected chi connectivity index (χ0v) is 17.9. The van der Waals surface area contributed by atoms with Gasteiger partial charge in [-0.25, -0.2) is 9.50 Å². The minimum Gasteiger partial charge on any atom is -0.490 e. The SMILES string of the molecule is CCOc1ccc(COc2ccc(NC(=O)c3cc4ncccn4n3)cc2)cc1OCC. The van der Waals surface area contributed by atoms with Crippen molar-refractivity contribution in [1.29, 1.82) is 0 Å². The maximum absolute atomic E-state index is 12.5. The third-order valence-corrected chi connectivity index (χ3v) is 4.59. The molecule has 0 atom stereocenters. The van der Waals surface area contributed by atoms with Gasteiger partial charge in [0.25, 0.3) is 5.91 Å². The first-order valence-electron chi connectivity index (χ1n) is 10.4. The van der Waals surface area contributed by atoms with Gasteiger partial charge in [0.15, 0.2) is 22.8 Å². The van der Waals surface area contributed by atoms with Gasteiger partial charge >= 0.3 is 0 Å². The Bertz CT molecular complexity index is 1170. The molecule has 2 aromatic heterocycles. The van der Waals surface area contributed by atoms with Gasteiger partial charge in [-0.15, -0.1) is 0 Å². The fourth-order valence-electron chi connectivity index (χ4n) is 3.12. The molecule has 8 nitrogen and oxygen atoms in total. The molecule has 8 heteroatoms. The van der Waals surface area contributed by atoms with Crippen LogP contribution in [0.25, 0.3) is 5.65 Å². The summed E-state index contributed by atoms with van der Waals surface area (Å²) in [6.07, 6.45) is 3.40. The molecule has 0 aliphatic rings. The van der Waals surface area contributed by atoms with Crippen LogP contribution in [0.5, 0.6) is 17.2 Å². The standard InChI is InChI=1S/C24H24N4O4/c1-3-30-21-11-6-17(14-22(21)31-4-2)16-32-19-9-7-18(8-10-19)26-24(29)20-15-23-25-12-5-13-28(23)27-20/h5-15H,3-4,16H2,1-2H3,(H,26,29). The molecule has 4 aromatic rings. The Balaban J connectivity index is 1.36. The van der Waals surface area contributed by atoms with E-state index in [9.17, 15) is 4.79 Å². The van der Waals surface area contributed by atoms with Crippen molar-refractivity contribution in [2.45, 2.75) is 20.5 Å². The highest BCUT2D eigenvalue weighted by atomic mass is 16.5. The maximum Gasteiger partial charge on any atom is 0.276 e. The molecule has 1 amide bonds. The second-order valence-corrected chi connectivity index (χ2v) is 6.87. The Morgan fingerprint density at radius 3 is 2.50 bits per heavy atom. The molecule has 0 saturated heterocycles. The Kier molecular flexibility index (Phi) is 6.50. The van der Waals surface area contributed by atoms with E-state index in [-0.39, 0.29) is 5.91 Å². The summed E-state index contributed by atoms with van der Waals surface area (Å²) in [5.41, 5.74) is 2.52. The van der Waals surface area contributed by atoms with E-state index in [4.69, 9.17) is 14.2 Å². The van der Waals surface area contributed by atoms with Gasteiger partial charge < -0.3 is 19.5 Å². The molecule has 0 unspecified atom stereocenters. The molecule has 0 fully saturated rings. The Labute approximate surface area is 185 Å². The van der Waals surface area contributed by atoms with Gasteiger partial charge in [0.2, 0.25) is 0 Å². The molecule has 0 aliphatic carbocycles. The molecule has 0 radical (unpaired) electrons. The predicted molar refractivity (Wildman–Crippen MR) is 120 cm³/mol. The van der Waals surface area contributed by atoms with Crippen LogP contribution < -0.4 is 19.5 Å². The van der Waals surface area contributed by atoms with E-state index in [2.05, 4.69) is 15.4 Å². The van der Waals surface area contributed by atoms with Crippen molar-refractivity contribution in [3.8, 4) is 17.2 Å². The van der Waals surface area contributed by atoms with Gasteiger partial charge in [0, 0.05) is 24.1 Å². The quantitative estimate of drug-likeness (QED) is 0.423. The Hall–Kier alpha value is -4.07. The molecule has 0 aliphatic heterocycles. The Morgan fingerprint density at radius 1 is 0.969 bits per heavy atom. The van der Waals surface area contributed by atoms with E-state index in [1.54, 1.807) is 53.3 Å². The van der Waals surface area contributed by atoms with Crippen molar-refractivity contribution >= 4 is 17.2 Å². The molecule has 32 heavy (non-hydrogen) atoms. The van der Waals surface area contributed by atoms with E-state index in [1.807, 2.05) is 32.0 Å². The normalized spacial score (nSPS) is 10.7. The lowest BCUT2D eigenvalue weighted by molar-refractivity contribution is 0.102. The van der Waals surface area contributed by atoms with E-state index < -0.39 is 0 Å². The zero-order chi connectivity index (χ0) is 22.3. The van der Waals surface area contributed by atoms with Crippen molar-refractivity contribution in [3.63, 3.8) is 0 Å². The lowest BCUT2D eigenvalue weighted by Gasteiger charge is -2.13. The third kappa shape index (κ3) is 4.97. The van der Waals surface area contributed by atoms with Crippen LogP contribution >= 0.6 is 0 Å². The molecule has 0 bridgehead atoms. The molecule has 1 N–H and O–H groups in total. The summed E-state index contributed by atoms with van der Waals surface area (Å²) in [7, 11) is 0. The molecule has 164 valence electrons. The van der Waals surface area contributed by atoms with Crippen LogP contribution in [0.3, 0.4) is 0 Å². The van der Waals surface area contributed by atoms with Crippen molar-refractivity contribution < 1.29 is 19.0 Å². The molecule has 4 rings (SSSR count). The fourth-order valence-corrected chi connectivity index (χ4v) is 3.12. The average Bonchev–Trinajstić information content (AvgIpc) is 3.25. The highest BCUT2D eigenvalue weighted by Gasteiger charge is 2.12. The number of carbonyl (C=O) groups excluding carboxylic acids is 1. The van der Waals surface area contributed by atoms with Crippen LogP contribution in [0.2, 0.25) is 0 Å². The first kappa shape index (κ1) is 21.2. The van der Waals surface area contributed by atoms with Crippen LogP contribution in [-0.2, 0) is 6.61 Å². The van der Waals surface area contributed by atoms with Gasteiger partial charge in [0.05, 0.1) is 13.2 Å². The fraction of sp³-hybridized carbons (Fsp3) is 0.208. The summed E-state index contributed by atoms with van der Waals surface area (Å²) in [4.78, 5) is 16.6. The molecular weight excluding hydrogens is 408 g/mol. The monoisotopic (exact) mass is 432 g/mol. The molecule has 2 aromatic carbocycles. The smallest absolute Gasteiger partial charge is 0.276 e. The molecule has 0 spiro atoms. The first-order chi connectivity index (χ1) is 15.7. The summed E-state index contributed by atoms with van der Waals surface area (Å²) < 4.78 is 18.7. The number of amides is 1. The number of fused-ring (bicyclic) bond motifs is 1. The van der Waals surface area contributed by atoms with E-state index in [0.29, 0.717) is 48.3 Å². The number of hydrogen-bond donors (Lipinski definition) is 1. The lowest BCUT2D eigenvalue weighted by Crippen LogP contribution is -2.12. The number of ether oxygens (including phenoxy) is 3. The molecule has 0 saturated carbocycles. The number of benzene rings is 2. The number of nitrogens with one attached hydrogen (secondary N) is 1. The largest absolute Gasteiger partial charge is 0.490 e. The number of aromatic nitrogens is 3. The summed E-state index contributed by atoms with van der Waals surface area (Å²) in [6, 6.07) is 16.3. The summed E-state index contributed by atoms with van der Waals surface area (Å²) in [5, 5.41) is 7.06. The third-order valence-electron chi connectivity index (χ3n) is 4.59. The van der Waals surface area contributed by atoms with Gasteiger partial charge in [-0.2, -0.15) is 5.10 Å². The highest BCUT2D eigenvalue weighted by molar-refractivity contribution is 6.03. The van der Waals surface area contributed by atoms with E-state index in [1.165, 1.54) is 0 Å². The Morgan fingerprint density at radius 2 is 1.75 bits per heavy atom. The second kappa shape index (κ2) is 9.82. The number of rotatable bonds is 9. The lowest BCUT2D eigenvalue weighted by atomic mass is 10.2. The van der Waals surface area contributed by atoms with Gasteiger partial charge in [-0.05, 0) is 61.9 Å². The van der Waals surface area contributed by atoms with Crippen LogP contribution in [-0.4, -0.2) is 33.7 Å². The van der Waals surface area contributed by atoms with Gasteiger partial charge in [0.1, 0.15) is 12.4 Å². The predicted octanol–water partition coefficient (Wildman–Crippen LogP) is 4.36. The maximum atomic E-state index is 12.5. The minimum atomic E-state index is -0.304. The summed E-state index contributed by atoms with van der Waals surface area (Å²) in [5.74, 6) is 1.81. The minimum absolute atomic E-state index is 0.296. The van der Waals surface area contributed by atoms with Crippen molar-refractivity contribution in [3.05, 3.63) is 78.2 Å². The van der Waals surface area contributed by atoms with Crippen LogP contribution in [0.4, 0.5) is 5.69 Å². The second-order valence-electron chi connectivity index (χ2n) is 6.87. The van der Waals surface area contributed by atoms with Crippen LogP contribution in [0.15, 0.2) is 67.0 Å². The van der Waals surface area contributed by atoms with Crippen molar-refractivity contribution in [2.75, 3.05) is 18.5 Å². The topological polar surface area (TPSA) is 87.0 Å². The van der Waals surface area contributed by atoms with Crippen LogP contribution in [0, 0.1) is 0 Å². The number of hydrogen-bond acceptors (Lipinski definition) is 6. The molecular formula is C24H24N4O4. The van der Waals surface area contributed by atoms with E-state index in [0.717, 1.165) is 11.3 Å². The number of nitrogens with zero attached hydrogens (tertiary/aromatic N) is 3. The highest BCUT2D eigenvalue weighted by Crippen LogP contribution is 2.29. The summed E-state index contributed by atoms with van der Waals surface area (Å²) >= 11 is 0. The molecule has 2 heterocycles. The number of anilines is 1. The van der Waals surface area contributed by atoms with E-state index >= 15 is 0 Å². The van der Waals surface area contributed by atoms with Gasteiger partial charge in [-0.3, -0.25) is 4.79 Å². The first-order valence-corrected chi connectivity index (χ1v) is 10.4. The summed E-state index contributed by atoms with van der Waals surface area (Å²) in [6.45, 7) is 5.39. The average molecular weight is 432 g/mol. The zero-order valence-electron chi connectivity index (χ0n) is 17.9. The van der Waals surface area contributed by atoms with Crippen LogP contribution in [0.1, 0.15) is 29.9 Å². The van der Waals surface area contributed by atoms with Gasteiger partial charge in [-0.1, -0.05) is 6.07 Å². The van der Waals surface area contributed by atoms with Crippen molar-refractivity contribution in [1.82, 2.24) is 14.6 Å².